The predicted molar refractivity (Wildman–Crippen MR) is 61.3 cm³/mol. The highest BCUT2D eigenvalue weighted by molar-refractivity contribution is 7.91. The number of sulfone groups is 1. The first-order valence-corrected chi connectivity index (χ1v) is 7.00. The van der Waals surface area contributed by atoms with Crippen molar-refractivity contribution >= 4 is 9.84 Å². The molecule has 0 aromatic rings. The molecule has 0 fully saturated rings. The Kier molecular flexibility index (Phi) is 6.36. The van der Waals surface area contributed by atoms with E-state index in [9.17, 15) is 8.42 Å². The van der Waals surface area contributed by atoms with E-state index in [-0.39, 0.29) is 5.25 Å². The third kappa shape index (κ3) is 5.60. The number of rotatable bonds is 7. The molecule has 0 amide bonds. The topological polar surface area (TPSA) is 46.2 Å². The zero-order valence-corrected chi connectivity index (χ0v) is 10.5. The second kappa shape index (κ2) is 6.40. The van der Waals surface area contributed by atoms with Crippen LogP contribution in [0, 0.1) is 0 Å². The summed E-state index contributed by atoms with van der Waals surface area (Å²) in [5, 5.41) is 2.90. The second-order valence-corrected chi connectivity index (χ2v) is 6.78. The summed E-state index contributed by atoms with van der Waals surface area (Å²) < 4.78 is 22.9. The molecule has 1 atom stereocenters. The first-order chi connectivity index (χ1) is 6.40. The van der Waals surface area contributed by atoms with Gasteiger partial charge in [-0.25, -0.2) is 8.42 Å². The van der Waals surface area contributed by atoms with Gasteiger partial charge in [-0.05, 0) is 40.7 Å². The van der Waals surface area contributed by atoms with Crippen molar-refractivity contribution in [3.05, 3.63) is 0 Å². The SMILES string of the molecule is CNC(C)CCCCS(=O)(=O)C(C)C. The Labute approximate surface area is 88.2 Å². The van der Waals surface area contributed by atoms with Crippen molar-refractivity contribution in [2.24, 2.45) is 0 Å². The lowest BCUT2D eigenvalue weighted by molar-refractivity contribution is 0.532. The van der Waals surface area contributed by atoms with Gasteiger partial charge in [-0.3, -0.25) is 0 Å². The molecule has 0 rings (SSSR count). The molecule has 3 nitrogen and oxygen atoms in total. The Bertz CT molecular complexity index is 235. The van der Waals surface area contributed by atoms with E-state index in [0.29, 0.717) is 11.8 Å². The molecule has 0 aromatic heterocycles. The summed E-state index contributed by atoms with van der Waals surface area (Å²) in [6.45, 7) is 5.59. The molecule has 4 heteroatoms. The van der Waals surface area contributed by atoms with Crippen molar-refractivity contribution < 1.29 is 8.42 Å². The van der Waals surface area contributed by atoms with E-state index in [2.05, 4.69) is 12.2 Å². The predicted octanol–water partition coefficient (Wildman–Crippen LogP) is 1.59. The van der Waals surface area contributed by atoms with Gasteiger partial charge in [0, 0.05) is 6.04 Å². The molecule has 0 bridgehead atoms. The molecule has 14 heavy (non-hydrogen) atoms. The van der Waals surface area contributed by atoms with E-state index in [1.807, 2.05) is 7.05 Å². The summed E-state index contributed by atoms with van der Waals surface area (Å²) in [6, 6.07) is 0.483. The van der Waals surface area contributed by atoms with Crippen LogP contribution < -0.4 is 5.32 Å². The number of nitrogens with one attached hydrogen (secondary N) is 1. The molecule has 0 aliphatic rings. The Balaban J connectivity index is 3.65. The maximum Gasteiger partial charge on any atom is 0.152 e. The van der Waals surface area contributed by atoms with Crippen molar-refractivity contribution in [3.8, 4) is 0 Å². The summed E-state index contributed by atoms with van der Waals surface area (Å²) in [5.74, 6) is 0.334. The second-order valence-electron chi connectivity index (χ2n) is 4.10. The van der Waals surface area contributed by atoms with Crippen LogP contribution in [0.25, 0.3) is 0 Å². The van der Waals surface area contributed by atoms with E-state index in [0.717, 1.165) is 19.3 Å². The lowest BCUT2D eigenvalue weighted by Crippen LogP contribution is -2.22. The summed E-state index contributed by atoms with van der Waals surface area (Å²) >= 11 is 0. The van der Waals surface area contributed by atoms with Crippen molar-refractivity contribution in [2.75, 3.05) is 12.8 Å². The van der Waals surface area contributed by atoms with Gasteiger partial charge in [0.25, 0.3) is 0 Å². The molecule has 0 radical (unpaired) electrons. The molecular weight excluding hydrogens is 198 g/mol. The van der Waals surface area contributed by atoms with Gasteiger partial charge in [0.15, 0.2) is 9.84 Å². The summed E-state index contributed by atoms with van der Waals surface area (Å²) in [7, 11) is -0.897. The van der Waals surface area contributed by atoms with E-state index >= 15 is 0 Å². The number of hydrogen-bond acceptors (Lipinski definition) is 3. The van der Waals surface area contributed by atoms with Gasteiger partial charge in [-0.2, -0.15) is 0 Å². The number of hydrogen-bond donors (Lipinski definition) is 1. The van der Waals surface area contributed by atoms with Crippen LogP contribution in [0.15, 0.2) is 0 Å². The summed E-state index contributed by atoms with van der Waals surface area (Å²) in [6.07, 6.45) is 2.81. The van der Waals surface area contributed by atoms with E-state index in [4.69, 9.17) is 0 Å². The molecular formula is C10H23NO2S. The van der Waals surface area contributed by atoms with Crippen LogP contribution in [0.4, 0.5) is 0 Å². The maximum absolute atomic E-state index is 11.4. The molecule has 0 aliphatic heterocycles. The van der Waals surface area contributed by atoms with E-state index in [1.54, 1.807) is 13.8 Å². The normalized spacial score (nSPS) is 14.6. The minimum Gasteiger partial charge on any atom is -0.317 e. The van der Waals surface area contributed by atoms with Crippen LogP contribution in [0.1, 0.15) is 40.0 Å². The minimum absolute atomic E-state index is 0.232. The van der Waals surface area contributed by atoms with Crippen molar-refractivity contribution in [1.82, 2.24) is 5.32 Å². The molecule has 0 aromatic carbocycles. The van der Waals surface area contributed by atoms with Crippen LogP contribution in [-0.2, 0) is 9.84 Å². The van der Waals surface area contributed by atoms with Gasteiger partial charge in [-0.1, -0.05) is 6.42 Å². The van der Waals surface area contributed by atoms with Gasteiger partial charge >= 0.3 is 0 Å². The highest BCUT2D eigenvalue weighted by atomic mass is 32.2. The van der Waals surface area contributed by atoms with Gasteiger partial charge in [0.2, 0.25) is 0 Å². The molecule has 0 spiro atoms. The van der Waals surface area contributed by atoms with Gasteiger partial charge < -0.3 is 5.32 Å². The van der Waals surface area contributed by atoms with Crippen molar-refractivity contribution in [3.63, 3.8) is 0 Å². The van der Waals surface area contributed by atoms with Crippen LogP contribution in [0.2, 0.25) is 0 Å². The van der Waals surface area contributed by atoms with Gasteiger partial charge in [0.1, 0.15) is 0 Å². The monoisotopic (exact) mass is 221 g/mol. The molecule has 0 aliphatic carbocycles. The molecule has 0 heterocycles. The first-order valence-electron chi connectivity index (χ1n) is 5.29. The Morgan fingerprint density at radius 1 is 1.14 bits per heavy atom. The van der Waals surface area contributed by atoms with Crippen LogP contribution in [0.3, 0.4) is 0 Å². The van der Waals surface area contributed by atoms with Crippen LogP contribution in [0.5, 0.6) is 0 Å². The van der Waals surface area contributed by atoms with Gasteiger partial charge in [-0.15, -0.1) is 0 Å². The fourth-order valence-corrected chi connectivity index (χ4v) is 2.21. The van der Waals surface area contributed by atoms with Crippen molar-refractivity contribution in [2.45, 2.75) is 51.3 Å². The number of unbranched alkanes of at least 4 members (excludes halogenated alkanes) is 1. The summed E-state index contributed by atoms with van der Waals surface area (Å²) in [4.78, 5) is 0. The molecule has 1 N–H and O–H groups in total. The third-order valence-electron chi connectivity index (χ3n) is 2.53. The fraction of sp³-hybridized carbons (Fsp3) is 1.00. The smallest absolute Gasteiger partial charge is 0.152 e. The summed E-state index contributed by atoms with van der Waals surface area (Å²) in [5.41, 5.74) is 0. The third-order valence-corrected chi connectivity index (χ3v) is 4.82. The average molecular weight is 221 g/mol. The Hall–Kier alpha value is -0.0900. The quantitative estimate of drug-likeness (QED) is 0.664. The van der Waals surface area contributed by atoms with E-state index in [1.165, 1.54) is 0 Å². The first kappa shape index (κ1) is 13.9. The van der Waals surface area contributed by atoms with Gasteiger partial charge in [0.05, 0.1) is 11.0 Å². The lowest BCUT2D eigenvalue weighted by Gasteiger charge is -2.10. The maximum atomic E-state index is 11.4. The zero-order valence-electron chi connectivity index (χ0n) is 9.71. The largest absolute Gasteiger partial charge is 0.317 e. The Morgan fingerprint density at radius 2 is 1.71 bits per heavy atom. The highest BCUT2D eigenvalue weighted by Gasteiger charge is 2.14. The molecule has 86 valence electrons. The van der Waals surface area contributed by atoms with Crippen molar-refractivity contribution in [1.29, 1.82) is 0 Å². The van der Waals surface area contributed by atoms with Crippen LogP contribution >= 0.6 is 0 Å². The minimum atomic E-state index is -2.82. The Morgan fingerprint density at radius 3 is 2.14 bits per heavy atom. The lowest BCUT2D eigenvalue weighted by atomic mass is 10.1. The molecule has 1 unspecified atom stereocenters. The highest BCUT2D eigenvalue weighted by Crippen LogP contribution is 2.07. The molecule has 0 saturated carbocycles. The fourth-order valence-electron chi connectivity index (χ4n) is 1.13. The van der Waals surface area contributed by atoms with Crippen LogP contribution in [-0.4, -0.2) is 32.5 Å². The van der Waals surface area contributed by atoms with E-state index < -0.39 is 9.84 Å². The molecule has 0 saturated heterocycles. The standard InChI is InChI=1S/C10H23NO2S/c1-9(2)14(12,13)8-6-5-7-10(3)11-4/h9-11H,5-8H2,1-4H3. The zero-order chi connectivity index (χ0) is 11.2. The average Bonchev–Trinajstić information content (AvgIpc) is 2.11.